The highest BCUT2D eigenvalue weighted by Crippen LogP contribution is 2.42. The van der Waals surface area contributed by atoms with Crippen LogP contribution in [0.1, 0.15) is 37.2 Å². The van der Waals surface area contributed by atoms with Crippen LogP contribution < -0.4 is 0 Å². The smallest absolute Gasteiger partial charge is 0.308 e. The van der Waals surface area contributed by atoms with Crippen LogP contribution in [-0.2, 0) is 9.59 Å². The molecule has 2 aliphatic rings. The van der Waals surface area contributed by atoms with Crippen LogP contribution >= 0.6 is 0 Å². The summed E-state index contributed by atoms with van der Waals surface area (Å²) in [5.41, 5.74) is 0.00174. The molecule has 0 unspecified atom stereocenters. The Hall–Kier alpha value is -2.35. The third-order valence-electron chi connectivity index (χ3n) is 5.23. The summed E-state index contributed by atoms with van der Waals surface area (Å²) in [6.45, 7) is 0.570. The number of likely N-dealkylation sites (tertiary alicyclic amines) is 1. The van der Waals surface area contributed by atoms with Gasteiger partial charge in [-0.3, -0.25) is 9.59 Å². The van der Waals surface area contributed by atoms with E-state index in [4.69, 9.17) is 0 Å². The Labute approximate surface area is 135 Å². The predicted molar refractivity (Wildman–Crippen MR) is 83.4 cm³/mol. The van der Waals surface area contributed by atoms with E-state index < -0.39 is 17.3 Å². The number of hydrogen-bond acceptors (Lipinski definition) is 3. The van der Waals surface area contributed by atoms with Crippen LogP contribution in [-0.4, -0.2) is 35.0 Å². The molecule has 5 heteroatoms. The number of rotatable bonds is 3. The summed E-state index contributed by atoms with van der Waals surface area (Å²) in [7, 11) is 0. The van der Waals surface area contributed by atoms with Crippen molar-refractivity contribution in [2.75, 3.05) is 13.1 Å². The molecule has 1 amide bonds. The summed E-state index contributed by atoms with van der Waals surface area (Å²) in [4.78, 5) is 26.1. The first-order chi connectivity index (χ1) is 11.1. The van der Waals surface area contributed by atoms with Gasteiger partial charge < -0.3 is 10.0 Å². The summed E-state index contributed by atoms with van der Waals surface area (Å²) in [6.07, 6.45) is 2.95. The van der Waals surface area contributed by atoms with Crippen LogP contribution in [0, 0.1) is 22.7 Å². The van der Waals surface area contributed by atoms with Crippen LogP contribution in [0.15, 0.2) is 30.3 Å². The molecule has 1 aliphatic carbocycles. The number of aliphatic carboxylic acids is 1. The van der Waals surface area contributed by atoms with Gasteiger partial charge in [-0.2, -0.15) is 5.26 Å². The fraction of sp³-hybridized carbons (Fsp3) is 0.500. The summed E-state index contributed by atoms with van der Waals surface area (Å²) in [5.74, 6) is -1.89. The largest absolute Gasteiger partial charge is 0.481 e. The SMILES string of the molecule is N#CC1(C(=O)N2C[C@H](c3ccccc3)[C@H](C(=O)O)C2)CCCC1. The van der Waals surface area contributed by atoms with E-state index in [2.05, 4.69) is 6.07 Å². The van der Waals surface area contributed by atoms with Gasteiger partial charge in [0.2, 0.25) is 5.91 Å². The minimum absolute atomic E-state index is 0.179. The monoisotopic (exact) mass is 312 g/mol. The summed E-state index contributed by atoms with van der Waals surface area (Å²) >= 11 is 0. The molecule has 5 nitrogen and oxygen atoms in total. The van der Waals surface area contributed by atoms with Crippen molar-refractivity contribution in [3.05, 3.63) is 35.9 Å². The molecule has 1 N–H and O–H groups in total. The standard InChI is InChI=1S/C18H20N2O3/c19-12-18(8-4-5-9-18)17(23)20-10-14(15(11-20)16(21)22)13-6-2-1-3-7-13/h1-3,6-7,14-15H,4-5,8-11H2,(H,21,22)/t14-,15-/m1/s1. The molecule has 1 saturated heterocycles. The fourth-order valence-electron chi connectivity index (χ4n) is 3.91. The molecule has 2 fully saturated rings. The normalized spacial score (nSPS) is 26.0. The maximum absolute atomic E-state index is 12.9. The lowest BCUT2D eigenvalue weighted by atomic mass is 9.86. The maximum Gasteiger partial charge on any atom is 0.308 e. The number of carboxylic acid groups (broad SMARTS) is 1. The molecule has 1 aromatic carbocycles. The molecular formula is C18H20N2O3. The molecule has 0 spiro atoms. The number of carbonyl (C=O) groups is 2. The van der Waals surface area contributed by atoms with E-state index in [-0.39, 0.29) is 18.4 Å². The van der Waals surface area contributed by atoms with Gasteiger partial charge >= 0.3 is 5.97 Å². The predicted octanol–water partition coefficient (Wildman–Crippen LogP) is 2.40. The summed E-state index contributed by atoms with van der Waals surface area (Å²) < 4.78 is 0. The molecule has 1 heterocycles. The van der Waals surface area contributed by atoms with Crippen LogP contribution in [0.5, 0.6) is 0 Å². The Kier molecular flexibility index (Phi) is 4.08. The quantitative estimate of drug-likeness (QED) is 0.929. The molecule has 0 aromatic heterocycles. The van der Waals surface area contributed by atoms with Gasteiger partial charge in [0.15, 0.2) is 0 Å². The Morgan fingerprint density at radius 2 is 1.83 bits per heavy atom. The molecule has 3 rings (SSSR count). The zero-order chi connectivity index (χ0) is 16.4. The number of hydrogen-bond donors (Lipinski definition) is 1. The number of benzene rings is 1. The summed E-state index contributed by atoms with van der Waals surface area (Å²) in [6, 6.07) is 11.7. The topological polar surface area (TPSA) is 81.4 Å². The van der Waals surface area contributed by atoms with E-state index >= 15 is 0 Å². The first kappa shape index (κ1) is 15.5. The van der Waals surface area contributed by atoms with Gasteiger partial charge in [-0.05, 0) is 18.4 Å². The Morgan fingerprint density at radius 3 is 2.39 bits per heavy atom. The van der Waals surface area contributed by atoms with Crippen LogP contribution in [0.2, 0.25) is 0 Å². The molecule has 2 atom stereocenters. The van der Waals surface area contributed by atoms with E-state index in [9.17, 15) is 20.0 Å². The van der Waals surface area contributed by atoms with Gasteiger partial charge in [-0.15, -0.1) is 0 Å². The molecule has 1 aliphatic heterocycles. The van der Waals surface area contributed by atoms with Crippen LogP contribution in [0.3, 0.4) is 0 Å². The zero-order valence-electron chi connectivity index (χ0n) is 12.9. The second-order valence-electron chi connectivity index (χ2n) is 6.57. The van der Waals surface area contributed by atoms with E-state index in [1.165, 1.54) is 0 Å². The lowest BCUT2D eigenvalue weighted by Gasteiger charge is -2.26. The number of carbonyl (C=O) groups excluding carboxylic acids is 1. The van der Waals surface area contributed by atoms with E-state index in [0.29, 0.717) is 19.4 Å². The van der Waals surface area contributed by atoms with Crippen LogP contribution in [0.4, 0.5) is 0 Å². The highest BCUT2D eigenvalue weighted by Gasteiger charge is 2.48. The molecule has 1 aromatic rings. The molecule has 120 valence electrons. The third-order valence-corrected chi connectivity index (χ3v) is 5.23. The Bertz CT molecular complexity index is 644. The minimum atomic E-state index is -0.936. The fourth-order valence-corrected chi connectivity index (χ4v) is 3.91. The second-order valence-corrected chi connectivity index (χ2v) is 6.57. The van der Waals surface area contributed by atoms with Crippen molar-refractivity contribution < 1.29 is 14.7 Å². The van der Waals surface area contributed by atoms with Gasteiger partial charge in [-0.1, -0.05) is 43.2 Å². The Balaban J connectivity index is 1.85. The van der Waals surface area contributed by atoms with Crippen LogP contribution in [0.25, 0.3) is 0 Å². The summed E-state index contributed by atoms with van der Waals surface area (Å²) in [5, 5.41) is 19.0. The minimum Gasteiger partial charge on any atom is -0.481 e. The van der Waals surface area contributed by atoms with Gasteiger partial charge in [0, 0.05) is 19.0 Å². The highest BCUT2D eigenvalue weighted by atomic mass is 16.4. The average molecular weight is 312 g/mol. The first-order valence-electron chi connectivity index (χ1n) is 8.06. The highest BCUT2D eigenvalue weighted by molar-refractivity contribution is 5.87. The molecule has 1 saturated carbocycles. The van der Waals surface area contributed by atoms with Crippen molar-refractivity contribution in [2.45, 2.75) is 31.6 Å². The van der Waals surface area contributed by atoms with Crippen molar-refractivity contribution in [1.29, 1.82) is 5.26 Å². The average Bonchev–Trinajstić information content (AvgIpc) is 3.23. The zero-order valence-corrected chi connectivity index (χ0v) is 12.9. The number of carboxylic acids is 1. The molecule has 23 heavy (non-hydrogen) atoms. The molecule has 0 bridgehead atoms. The van der Waals surface area contributed by atoms with Crippen molar-refractivity contribution in [3.63, 3.8) is 0 Å². The first-order valence-corrected chi connectivity index (χ1v) is 8.06. The van der Waals surface area contributed by atoms with E-state index in [0.717, 1.165) is 18.4 Å². The lowest BCUT2D eigenvalue weighted by Crippen LogP contribution is -2.41. The van der Waals surface area contributed by atoms with Gasteiger partial charge in [0.1, 0.15) is 5.41 Å². The van der Waals surface area contributed by atoms with E-state index in [1.807, 2.05) is 30.3 Å². The van der Waals surface area contributed by atoms with E-state index in [1.54, 1.807) is 4.90 Å². The van der Waals surface area contributed by atoms with Crippen molar-refractivity contribution in [2.24, 2.45) is 11.3 Å². The van der Waals surface area contributed by atoms with Crippen molar-refractivity contribution >= 4 is 11.9 Å². The third kappa shape index (κ3) is 2.70. The van der Waals surface area contributed by atoms with Crippen molar-refractivity contribution in [3.8, 4) is 6.07 Å². The number of nitrogens with zero attached hydrogens (tertiary/aromatic N) is 2. The molecule has 0 radical (unpaired) electrons. The maximum atomic E-state index is 12.9. The van der Waals surface area contributed by atoms with Gasteiger partial charge in [0.25, 0.3) is 0 Å². The van der Waals surface area contributed by atoms with Gasteiger partial charge in [0.05, 0.1) is 12.0 Å². The molecular weight excluding hydrogens is 292 g/mol. The van der Waals surface area contributed by atoms with Gasteiger partial charge in [-0.25, -0.2) is 0 Å². The number of nitriles is 1. The number of amides is 1. The Morgan fingerprint density at radius 1 is 1.17 bits per heavy atom. The van der Waals surface area contributed by atoms with Crippen molar-refractivity contribution in [1.82, 2.24) is 4.90 Å². The lowest BCUT2D eigenvalue weighted by molar-refractivity contribution is -0.142. The second kappa shape index (κ2) is 6.04.